The number of aliphatic hydroxyl groups is 1. The highest BCUT2D eigenvalue weighted by molar-refractivity contribution is 6.74. The summed E-state index contributed by atoms with van der Waals surface area (Å²) in [7, 11) is -1.26. The number of esters is 1. The molecule has 0 aliphatic heterocycles. The van der Waals surface area contributed by atoms with Gasteiger partial charge in [-0.25, -0.2) is 4.79 Å². The molecular formula is C36H69NO6Si2. The standard InChI is InChI=1S/C36H69NO6Si2/c1-19-20-21-25(2)31(39)28(5)33(43-45(17,18)36(10,11)12)29(6)34(40)37(13)24-27(4)32(26(3)22-23-30(38)41-14)42-44(15,16)35(7,8)9/h19-23,25-29,31-33,39H,1,24H2,2-18H3/b21-20-,23-22-/t25-,26-,27-,28?,29?,31?,32-,33?/m0/s1. The van der Waals surface area contributed by atoms with Gasteiger partial charge >= 0.3 is 5.97 Å². The molecular weight excluding hydrogens is 599 g/mol. The molecule has 1 amide bonds. The van der Waals surface area contributed by atoms with Crippen LogP contribution in [0, 0.1) is 29.6 Å². The number of hydrogen-bond donors (Lipinski definition) is 1. The van der Waals surface area contributed by atoms with Crippen LogP contribution in [-0.4, -0.2) is 77.5 Å². The molecule has 0 heterocycles. The molecule has 0 saturated carbocycles. The average molecular weight is 668 g/mol. The molecule has 0 aliphatic carbocycles. The average Bonchev–Trinajstić information content (AvgIpc) is 2.92. The van der Waals surface area contributed by atoms with Crippen LogP contribution in [0.25, 0.3) is 0 Å². The number of carbonyl (C=O) groups excluding carboxylic acids is 2. The van der Waals surface area contributed by atoms with Crippen LogP contribution in [0.4, 0.5) is 0 Å². The van der Waals surface area contributed by atoms with Crippen LogP contribution in [0.3, 0.4) is 0 Å². The Morgan fingerprint density at radius 1 is 0.844 bits per heavy atom. The molecule has 0 radical (unpaired) electrons. The number of carbonyl (C=O) groups is 2. The van der Waals surface area contributed by atoms with Crippen molar-refractivity contribution in [2.24, 2.45) is 29.6 Å². The highest BCUT2D eigenvalue weighted by Crippen LogP contribution is 2.41. The minimum absolute atomic E-state index is 0.00370. The molecule has 9 heteroatoms. The van der Waals surface area contributed by atoms with Crippen LogP contribution in [0.5, 0.6) is 0 Å². The summed E-state index contributed by atoms with van der Waals surface area (Å²) in [4.78, 5) is 27.8. The van der Waals surface area contributed by atoms with E-state index in [4.69, 9.17) is 13.6 Å². The Bertz CT molecular complexity index is 1010. The third kappa shape index (κ3) is 12.9. The molecule has 262 valence electrons. The Kier molecular flexibility index (Phi) is 17.0. The van der Waals surface area contributed by atoms with Gasteiger partial charge in [0.15, 0.2) is 16.6 Å². The zero-order valence-corrected chi connectivity index (χ0v) is 33.9. The monoisotopic (exact) mass is 667 g/mol. The second kappa shape index (κ2) is 17.6. The molecule has 0 saturated heterocycles. The van der Waals surface area contributed by atoms with E-state index in [1.54, 1.807) is 11.0 Å². The van der Waals surface area contributed by atoms with Crippen molar-refractivity contribution in [3.05, 3.63) is 37.0 Å². The van der Waals surface area contributed by atoms with Crippen molar-refractivity contribution >= 4 is 28.5 Å². The SMILES string of the molecule is C=C/C=C\[C@H](C)C(O)C(C)C(O[Si](C)(C)C(C)(C)C)C(C)C(=O)N(C)C[C@H](C)[C@@H](O[Si](C)(C)C(C)(C)C)[C@@H](C)/C=C\C(=O)OC. The van der Waals surface area contributed by atoms with E-state index in [9.17, 15) is 14.7 Å². The fourth-order valence-electron chi connectivity index (χ4n) is 5.00. The van der Waals surface area contributed by atoms with Crippen LogP contribution < -0.4 is 0 Å². The molecule has 0 aliphatic rings. The van der Waals surface area contributed by atoms with Crippen LogP contribution in [0.2, 0.25) is 36.3 Å². The largest absolute Gasteiger partial charge is 0.466 e. The predicted molar refractivity (Wildman–Crippen MR) is 194 cm³/mol. The molecule has 45 heavy (non-hydrogen) atoms. The normalized spacial score (nSPS) is 19.0. The lowest BCUT2D eigenvalue weighted by Crippen LogP contribution is -2.53. The van der Waals surface area contributed by atoms with Crippen LogP contribution in [0.1, 0.15) is 76.2 Å². The van der Waals surface area contributed by atoms with Gasteiger partial charge in [0.25, 0.3) is 0 Å². The Labute approximate surface area is 279 Å². The first kappa shape index (κ1) is 43.5. The van der Waals surface area contributed by atoms with Gasteiger partial charge in [-0.15, -0.1) is 0 Å². The summed E-state index contributed by atoms with van der Waals surface area (Å²) in [6.45, 7) is 36.3. The highest BCUT2D eigenvalue weighted by Gasteiger charge is 2.45. The molecule has 0 aromatic heterocycles. The highest BCUT2D eigenvalue weighted by atomic mass is 28.4. The third-order valence-electron chi connectivity index (χ3n) is 10.3. The summed E-state index contributed by atoms with van der Waals surface area (Å²) in [6, 6.07) is 0. The number of hydrogen-bond acceptors (Lipinski definition) is 6. The molecule has 0 aromatic carbocycles. The van der Waals surface area contributed by atoms with Crippen molar-refractivity contribution in [2.75, 3.05) is 20.7 Å². The van der Waals surface area contributed by atoms with Gasteiger partial charge in [0.1, 0.15) is 0 Å². The predicted octanol–water partition coefficient (Wildman–Crippen LogP) is 8.24. The summed E-state index contributed by atoms with van der Waals surface area (Å²) in [5, 5.41) is 11.3. The Morgan fingerprint density at radius 3 is 1.73 bits per heavy atom. The zero-order chi connectivity index (χ0) is 35.7. The maximum absolute atomic E-state index is 14.2. The van der Waals surface area contributed by atoms with Crippen molar-refractivity contribution in [3.63, 3.8) is 0 Å². The summed E-state index contributed by atoms with van der Waals surface area (Å²) in [5.41, 5.74) is 0. The van der Waals surface area contributed by atoms with E-state index in [1.807, 2.05) is 53.0 Å². The number of aliphatic hydroxyl groups excluding tert-OH is 1. The van der Waals surface area contributed by atoms with Gasteiger partial charge in [0.05, 0.1) is 31.3 Å². The van der Waals surface area contributed by atoms with Crippen molar-refractivity contribution in [1.29, 1.82) is 0 Å². The molecule has 8 atom stereocenters. The topological polar surface area (TPSA) is 85.3 Å². The molecule has 1 N–H and O–H groups in total. The van der Waals surface area contributed by atoms with Gasteiger partial charge in [0, 0.05) is 31.5 Å². The summed E-state index contributed by atoms with van der Waals surface area (Å²) >= 11 is 0. The lowest BCUT2D eigenvalue weighted by atomic mass is 9.83. The quantitative estimate of drug-likeness (QED) is 0.0728. The minimum Gasteiger partial charge on any atom is -0.466 e. The lowest BCUT2D eigenvalue weighted by molar-refractivity contribution is -0.140. The Balaban J connectivity index is 6.39. The van der Waals surface area contributed by atoms with Gasteiger partial charge in [-0.2, -0.15) is 0 Å². The first-order valence-corrected chi connectivity index (χ1v) is 22.4. The fraction of sp³-hybridized carbons (Fsp3) is 0.778. The molecule has 0 rings (SSSR count). The van der Waals surface area contributed by atoms with Gasteiger partial charge < -0.3 is 23.6 Å². The number of amides is 1. The molecule has 0 bridgehead atoms. The van der Waals surface area contributed by atoms with Crippen LogP contribution in [-0.2, 0) is 23.2 Å². The Hall–Kier alpha value is -1.53. The minimum atomic E-state index is -2.29. The molecule has 4 unspecified atom stereocenters. The molecule has 7 nitrogen and oxygen atoms in total. The summed E-state index contributed by atoms with van der Waals surface area (Å²) < 4.78 is 18.7. The first-order valence-electron chi connectivity index (χ1n) is 16.6. The third-order valence-corrected chi connectivity index (χ3v) is 19.2. The first-order chi connectivity index (χ1) is 20.3. The smallest absolute Gasteiger partial charge is 0.330 e. The fourth-order valence-corrected chi connectivity index (χ4v) is 7.94. The van der Waals surface area contributed by atoms with Crippen molar-refractivity contribution < 1.29 is 28.3 Å². The molecule has 0 fully saturated rings. The van der Waals surface area contributed by atoms with E-state index in [0.29, 0.717) is 6.54 Å². The number of nitrogens with zero attached hydrogens (tertiary/aromatic N) is 1. The van der Waals surface area contributed by atoms with Crippen molar-refractivity contribution in [3.8, 4) is 0 Å². The van der Waals surface area contributed by atoms with E-state index < -0.39 is 40.7 Å². The van der Waals surface area contributed by atoms with Crippen LogP contribution in [0.15, 0.2) is 37.0 Å². The zero-order valence-electron chi connectivity index (χ0n) is 31.9. The Morgan fingerprint density at radius 2 is 1.31 bits per heavy atom. The summed E-state index contributed by atoms with van der Waals surface area (Å²) in [6.07, 6.45) is 7.42. The number of allylic oxidation sites excluding steroid dienone is 2. The molecule has 0 aromatic rings. The number of rotatable bonds is 17. The van der Waals surface area contributed by atoms with Gasteiger partial charge in [-0.3, -0.25) is 4.79 Å². The molecule has 0 spiro atoms. The van der Waals surface area contributed by atoms with Gasteiger partial charge in [0.2, 0.25) is 5.91 Å². The van der Waals surface area contributed by atoms with E-state index in [0.717, 1.165) is 0 Å². The second-order valence-corrected chi connectivity index (χ2v) is 25.8. The lowest BCUT2D eigenvalue weighted by Gasteiger charge is -2.45. The second-order valence-electron chi connectivity index (χ2n) is 16.2. The van der Waals surface area contributed by atoms with Gasteiger partial charge in [-0.1, -0.05) is 107 Å². The van der Waals surface area contributed by atoms with E-state index in [-0.39, 0.29) is 45.8 Å². The van der Waals surface area contributed by atoms with E-state index >= 15 is 0 Å². The van der Waals surface area contributed by atoms with Crippen molar-refractivity contribution in [2.45, 2.75) is 131 Å². The van der Waals surface area contributed by atoms with Crippen LogP contribution >= 0.6 is 0 Å². The van der Waals surface area contributed by atoms with E-state index in [2.05, 4.69) is 81.2 Å². The van der Waals surface area contributed by atoms with Crippen molar-refractivity contribution in [1.82, 2.24) is 4.90 Å². The maximum Gasteiger partial charge on any atom is 0.330 e. The number of methoxy groups -OCH3 is 1. The summed E-state index contributed by atoms with van der Waals surface area (Å²) in [5.74, 6) is -1.42. The number of ether oxygens (including phenoxy) is 1. The van der Waals surface area contributed by atoms with E-state index in [1.165, 1.54) is 13.2 Å². The maximum atomic E-state index is 14.2. The van der Waals surface area contributed by atoms with Gasteiger partial charge in [-0.05, 0) is 48.1 Å².